The topological polar surface area (TPSA) is 89.5 Å². The molecule has 0 radical (unpaired) electrons. The van der Waals surface area contributed by atoms with Gasteiger partial charge in [0.05, 0.1) is 0 Å². The fourth-order valence-electron chi connectivity index (χ4n) is 1.54. The number of rotatable bonds is 5. The summed E-state index contributed by atoms with van der Waals surface area (Å²) >= 11 is 0. The third-order valence-corrected chi connectivity index (χ3v) is 2.60. The molecule has 0 saturated carbocycles. The van der Waals surface area contributed by atoms with Crippen LogP contribution in [-0.2, 0) is 0 Å². The van der Waals surface area contributed by atoms with Gasteiger partial charge < -0.3 is 4.74 Å². The summed E-state index contributed by atoms with van der Waals surface area (Å²) < 4.78 is 80.9. The highest BCUT2D eigenvalue weighted by Gasteiger charge is 2.57. The molecule has 0 aromatic carbocycles. The number of alkyl halides is 6. The summed E-state index contributed by atoms with van der Waals surface area (Å²) in [5.74, 6) is -5.81. The van der Waals surface area contributed by atoms with Crippen molar-refractivity contribution in [3.8, 4) is 17.8 Å². The Morgan fingerprint density at radius 1 is 1.21 bits per heavy atom. The van der Waals surface area contributed by atoms with Crippen molar-refractivity contribution >= 4 is 0 Å². The number of hydrogen-bond acceptors (Lipinski definition) is 6. The van der Waals surface area contributed by atoms with E-state index in [9.17, 15) is 26.3 Å². The molecule has 0 spiro atoms. The molecular weight excluding hydrogens is 346 g/mol. The SMILES string of the molecule is N#Cc1c(OCC(F)(F)C(F)C(F)(F)F)ncnc1-n1cncn1. The van der Waals surface area contributed by atoms with Gasteiger partial charge in [-0.25, -0.2) is 24.0 Å². The average molecular weight is 352 g/mol. The van der Waals surface area contributed by atoms with Crippen LogP contribution in [0.4, 0.5) is 26.3 Å². The third-order valence-electron chi connectivity index (χ3n) is 2.60. The Hall–Kier alpha value is -2.91. The molecule has 13 heteroatoms. The minimum atomic E-state index is -5.76. The smallest absolute Gasteiger partial charge is 0.425 e. The van der Waals surface area contributed by atoms with Gasteiger partial charge in [0.25, 0.3) is 6.17 Å². The molecular formula is C11H6F6N6O. The first-order chi connectivity index (χ1) is 11.2. The Balaban J connectivity index is 2.25. The zero-order chi connectivity index (χ0) is 18.0. The molecule has 0 aliphatic rings. The van der Waals surface area contributed by atoms with Crippen LogP contribution in [-0.4, -0.2) is 49.6 Å². The van der Waals surface area contributed by atoms with E-state index in [2.05, 4.69) is 24.8 Å². The van der Waals surface area contributed by atoms with E-state index in [-0.39, 0.29) is 5.82 Å². The zero-order valence-electron chi connectivity index (χ0n) is 11.4. The van der Waals surface area contributed by atoms with E-state index in [1.54, 1.807) is 6.07 Å². The monoisotopic (exact) mass is 352 g/mol. The van der Waals surface area contributed by atoms with E-state index >= 15 is 0 Å². The molecule has 0 fully saturated rings. The maximum absolute atomic E-state index is 13.2. The summed E-state index contributed by atoms with van der Waals surface area (Å²) in [5, 5.41) is 12.7. The number of nitrogens with zero attached hydrogens (tertiary/aromatic N) is 6. The lowest BCUT2D eigenvalue weighted by atomic mass is 10.2. The van der Waals surface area contributed by atoms with Crippen LogP contribution >= 0.6 is 0 Å². The van der Waals surface area contributed by atoms with Crippen LogP contribution in [0.2, 0.25) is 0 Å². The van der Waals surface area contributed by atoms with Crippen LogP contribution < -0.4 is 4.74 Å². The average Bonchev–Trinajstić information content (AvgIpc) is 3.05. The van der Waals surface area contributed by atoms with Crippen LogP contribution in [0.1, 0.15) is 5.56 Å². The van der Waals surface area contributed by atoms with Gasteiger partial charge in [0, 0.05) is 0 Å². The molecule has 0 aliphatic heterocycles. The summed E-state index contributed by atoms with van der Waals surface area (Å²) in [6.07, 6.45) is -7.16. The third kappa shape index (κ3) is 3.53. The first-order valence-corrected chi connectivity index (χ1v) is 5.98. The number of aromatic nitrogens is 5. The van der Waals surface area contributed by atoms with Crippen LogP contribution in [0.5, 0.6) is 5.88 Å². The standard InChI is InChI=1S/C11H6F6N6O/c12-9(11(15,16)17)10(13,14)2-24-8-6(1-18)7(20-4-21-8)23-5-19-3-22-23/h3-5,9H,2H2. The first-order valence-electron chi connectivity index (χ1n) is 5.98. The highest BCUT2D eigenvalue weighted by molar-refractivity contribution is 5.48. The molecule has 2 aromatic heterocycles. The van der Waals surface area contributed by atoms with Gasteiger partial charge in [0.1, 0.15) is 25.1 Å². The highest BCUT2D eigenvalue weighted by atomic mass is 19.4. The van der Waals surface area contributed by atoms with Gasteiger partial charge in [-0.15, -0.1) is 0 Å². The maximum atomic E-state index is 13.2. The van der Waals surface area contributed by atoms with Crippen molar-refractivity contribution in [3.63, 3.8) is 0 Å². The highest BCUT2D eigenvalue weighted by Crippen LogP contribution is 2.35. The summed E-state index contributed by atoms with van der Waals surface area (Å²) in [5.41, 5.74) is -0.485. The van der Waals surface area contributed by atoms with Crippen molar-refractivity contribution < 1.29 is 31.1 Å². The van der Waals surface area contributed by atoms with E-state index in [1.165, 1.54) is 0 Å². The lowest BCUT2D eigenvalue weighted by molar-refractivity contribution is -0.250. The molecule has 2 rings (SSSR count). The molecule has 2 heterocycles. The van der Waals surface area contributed by atoms with Crippen molar-refractivity contribution in [1.29, 1.82) is 5.26 Å². The van der Waals surface area contributed by atoms with Gasteiger partial charge >= 0.3 is 12.1 Å². The summed E-state index contributed by atoms with van der Waals surface area (Å²) in [6.45, 7) is -1.98. The minimum absolute atomic E-state index is 0.198. The van der Waals surface area contributed by atoms with Crippen LogP contribution in [0, 0.1) is 11.3 Å². The maximum Gasteiger partial charge on any atom is 0.425 e. The van der Waals surface area contributed by atoms with Crippen molar-refractivity contribution in [2.75, 3.05) is 6.61 Å². The van der Waals surface area contributed by atoms with E-state index in [0.29, 0.717) is 0 Å². The van der Waals surface area contributed by atoms with Crippen molar-refractivity contribution in [2.24, 2.45) is 0 Å². The van der Waals surface area contributed by atoms with Crippen molar-refractivity contribution in [1.82, 2.24) is 24.7 Å². The minimum Gasteiger partial charge on any atom is -0.470 e. The molecule has 0 aliphatic carbocycles. The van der Waals surface area contributed by atoms with Gasteiger partial charge in [-0.05, 0) is 0 Å². The Bertz CT molecular complexity index is 740. The van der Waals surface area contributed by atoms with Gasteiger partial charge in [0.2, 0.25) is 5.88 Å². The Labute approximate surface area is 129 Å². The predicted octanol–water partition coefficient (Wildman–Crippen LogP) is 1.84. The molecule has 0 saturated heterocycles. The van der Waals surface area contributed by atoms with E-state index < -0.39 is 36.3 Å². The van der Waals surface area contributed by atoms with Crippen LogP contribution in [0.15, 0.2) is 19.0 Å². The number of nitriles is 1. The largest absolute Gasteiger partial charge is 0.470 e. The fraction of sp³-hybridized carbons (Fsp3) is 0.364. The van der Waals surface area contributed by atoms with Gasteiger partial charge in [0.15, 0.2) is 18.0 Å². The summed E-state index contributed by atoms with van der Waals surface area (Å²) in [6, 6.07) is 1.55. The second kappa shape index (κ2) is 6.30. The molecule has 0 bridgehead atoms. The quantitative estimate of drug-likeness (QED) is 0.763. The molecule has 1 unspecified atom stereocenters. The van der Waals surface area contributed by atoms with Crippen molar-refractivity contribution in [2.45, 2.75) is 18.3 Å². The second-order valence-corrected chi connectivity index (χ2v) is 4.28. The molecule has 7 nitrogen and oxygen atoms in total. The van der Waals surface area contributed by atoms with Gasteiger partial charge in [-0.1, -0.05) is 0 Å². The first kappa shape index (κ1) is 17.4. The van der Waals surface area contributed by atoms with Crippen LogP contribution in [0.25, 0.3) is 5.82 Å². The molecule has 2 aromatic rings. The second-order valence-electron chi connectivity index (χ2n) is 4.28. The van der Waals surface area contributed by atoms with E-state index in [1.807, 2.05) is 0 Å². The summed E-state index contributed by atoms with van der Waals surface area (Å²) in [7, 11) is 0. The van der Waals surface area contributed by atoms with Crippen LogP contribution in [0.3, 0.4) is 0 Å². The predicted molar refractivity (Wildman–Crippen MR) is 63.1 cm³/mol. The Kier molecular flexibility index (Phi) is 4.58. The van der Waals surface area contributed by atoms with E-state index in [4.69, 9.17) is 5.26 Å². The van der Waals surface area contributed by atoms with Gasteiger partial charge in [-0.2, -0.15) is 32.3 Å². The summed E-state index contributed by atoms with van der Waals surface area (Å²) in [4.78, 5) is 10.7. The Morgan fingerprint density at radius 3 is 2.46 bits per heavy atom. The zero-order valence-corrected chi connectivity index (χ0v) is 11.4. The normalized spacial score (nSPS) is 13.4. The molecule has 0 N–H and O–H groups in total. The number of hydrogen-bond donors (Lipinski definition) is 0. The molecule has 0 amide bonds. The lowest BCUT2D eigenvalue weighted by Crippen LogP contribution is -2.45. The van der Waals surface area contributed by atoms with Crippen molar-refractivity contribution in [3.05, 3.63) is 24.5 Å². The molecule has 24 heavy (non-hydrogen) atoms. The number of ether oxygens (including phenoxy) is 1. The lowest BCUT2D eigenvalue weighted by Gasteiger charge is -2.22. The Morgan fingerprint density at radius 2 is 1.92 bits per heavy atom. The van der Waals surface area contributed by atoms with Gasteiger partial charge in [-0.3, -0.25) is 0 Å². The fourth-order valence-corrected chi connectivity index (χ4v) is 1.54. The van der Waals surface area contributed by atoms with E-state index in [0.717, 1.165) is 23.7 Å². The number of halogens is 6. The molecule has 128 valence electrons. The molecule has 1 atom stereocenters.